The minimum Gasteiger partial charge on any atom is -0.422 e. The number of carbonyl (C=O) groups is 1. The van der Waals surface area contributed by atoms with Crippen LogP contribution in [0.25, 0.3) is 11.0 Å². The number of halogens is 1. The van der Waals surface area contributed by atoms with Crippen molar-refractivity contribution >= 4 is 16.9 Å². The standard InChI is InChI=1S/C14H14FNO4/c1-14(2,7-17)16-12(18)10-5-8-3-4-9(15)6-11(8)20-13(10)19/h3-6,17H,7H2,1-2H3,(H,16,18). The van der Waals surface area contributed by atoms with Crippen molar-refractivity contribution < 1.29 is 18.7 Å². The lowest BCUT2D eigenvalue weighted by molar-refractivity contribution is 0.0866. The molecule has 1 aromatic carbocycles. The average Bonchev–Trinajstić information content (AvgIpc) is 2.37. The molecular weight excluding hydrogens is 265 g/mol. The molecule has 0 radical (unpaired) electrons. The molecule has 0 atom stereocenters. The number of benzene rings is 1. The number of fused-ring (bicyclic) bond motifs is 1. The van der Waals surface area contributed by atoms with Crippen LogP contribution in [0.2, 0.25) is 0 Å². The smallest absolute Gasteiger partial charge is 0.349 e. The third-order valence-electron chi connectivity index (χ3n) is 2.79. The summed E-state index contributed by atoms with van der Waals surface area (Å²) in [6.45, 7) is 2.95. The molecule has 0 saturated carbocycles. The summed E-state index contributed by atoms with van der Waals surface area (Å²) in [6.07, 6.45) is 0. The summed E-state index contributed by atoms with van der Waals surface area (Å²) in [5.74, 6) is -1.18. The van der Waals surface area contributed by atoms with Crippen molar-refractivity contribution in [2.45, 2.75) is 19.4 Å². The fourth-order valence-corrected chi connectivity index (χ4v) is 1.66. The Morgan fingerprint density at radius 3 is 2.75 bits per heavy atom. The van der Waals surface area contributed by atoms with Gasteiger partial charge < -0.3 is 14.8 Å². The lowest BCUT2D eigenvalue weighted by Crippen LogP contribution is -2.47. The molecule has 0 spiro atoms. The number of amides is 1. The second-order valence-corrected chi connectivity index (χ2v) is 5.13. The second-order valence-electron chi connectivity index (χ2n) is 5.13. The predicted octanol–water partition coefficient (Wildman–Crippen LogP) is 1.43. The number of nitrogens with one attached hydrogen (secondary N) is 1. The Kier molecular flexibility index (Phi) is 3.59. The zero-order valence-corrected chi connectivity index (χ0v) is 11.1. The van der Waals surface area contributed by atoms with E-state index in [1.807, 2.05) is 0 Å². The van der Waals surface area contributed by atoms with E-state index in [9.17, 15) is 14.0 Å². The van der Waals surface area contributed by atoms with Crippen LogP contribution >= 0.6 is 0 Å². The molecule has 0 fully saturated rings. The van der Waals surface area contributed by atoms with E-state index in [2.05, 4.69) is 5.32 Å². The minimum absolute atomic E-state index is 0.0768. The lowest BCUT2D eigenvalue weighted by atomic mass is 10.1. The van der Waals surface area contributed by atoms with Crippen LogP contribution in [0.15, 0.2) is 33.5 Å². The van der Waals surface area contributed by atoms with E-state index in [-0.39, 0.29) is 17.8 Å². The highest BCUT2D eigenvalue weighted by atomic mass is 19.1. The van der Waals surface area contributed by atoms with E-state index in [4.69, 9.17) is 9.52 Å². The zero-order valence-electron chi connectivity index (χ0n) is 11.1. The number of carbonyl (C=O) groups excluding carboxylic acids is 1. The van der Waals surface area contributed by atoms with Crippen molar-refractivity contribution in [3.8, 4) is 0 Å². The zero-order chi connectivity index (χ0) is 14.9. The first-order valence-corrected chi connectivity index (χ1v) is 5.99. The van der Waals surface area contributed by atoms with Gasteiger partial charge in [-0.25, -0.2) is 9.18 Å². The molecule has 2 aromatic rings. The first kappa shape index (κ1) is 14.2. The quantitative estimate of drug-likeness (QED) is 0.833. The molecule has 0 aliphatic heterocycles. The molecule has 0 unspecified atom stereocenters. The van der Waals surface area contributed by atoms with Gasteiger partial charge in [-0.05, 0) is 32.0 Å². The van der Waals surface area contributed by atoms with Gasteiger partial charge >= 0.3 is 5.63 Å². The van der Waals surface area contributed by atoms with Crippen LogP contribution in [-0.4, -0.2) is 23.2 Å². The van der Waals surface area contributed by atoms with E-state index >= 15 is 0 Å². The minimum atomic E-state index is -0.860. The van der Waals surface area contributed by atoms with Crippen molar-refractivity contribution in [1.29, 1.82) is 0 Å². The summed E-state index contributed by atoms with van der Waals surface area (Å²) < 4.78 is 18.0. The van der Waals surface area contributed by atoms with E-state index in [0.717, 1.165) is 6.07 Å². The molecule has 0 aliphatic rings. The van der Waals surface area contributed by atoms with Gasteiger partial charge in [-0.1, -0.05) is 0 Å². The van der Waals surface area contributed by atoms with Gasteiger partial charge in [-0.15, -0.1) is 0 Å². The summed E-state index contributed by atoms with van der Waals surface area (Å²) in [6, 6.07) is 5.04. The van der Waals surface area contributed by atoms with Crippen LogP contribution in [0.3, 0.4) is 0 Å². The van der Waals surface area contributed by atoms with E-state index < -0.39 is 22.9 Å². The molecule has 1 aromatic heterocycles. The molecule has 0 bridgehead atoms. The molecule has 6 heteroatoms. The van der Waals surface area contributed by atoms with Gasteiger partial charge in [-0.3, -0.25) is 4.79 Å². The van der Waals surface area contributed by atoms with Crippen molar-refractivity contribution in [2.75, 3.05) is 6.61 Å². The Hall–Kier alpha value is -2.21. The summed E-state index contributed by atoms with van der Waals surface area (Å²) in [5.41, 5.74) is -1.82. The highest BCUT2D eigenvalue weighted by Gasteiger charge is 2.22. The highest BCUT2D eigenvalue weighted by Crippen LogP contribution is 2.15. The predicted molar refractivity (Wildman–Crippen MR) is 71.1 cm³/mol. The van der Waals surface area contributed by atoms with Gasteiger partial charge in [0.2, 0.25) is 0 Å². The second kappa shape index (κ2) is 5.05. The van der Waals surface area contributed by atoms with Crippen LogP contribution in [0.4, 0.5) is 4.39 Å². The molecular formula is C14H14FNO4. The Balaban J connectivity index is 2.45. The fourth-order valence-electron chi connectivity index (χ4n) is 1.66. The summed E-state index contributed by atoms with van der Waals surface area (Å²) in [5, 5.41) is 12.1. The maximum Gasteiger partial charge on any atom is 0.349 e. The normalized spacial score (nSPS) is 11.6. The average molecular weight is 279 g/mol. The molecule has 1 amide bonds. The van der Waals surface area contributed by atoms with Crippen LogP contribution in [0.5, 0.6) is 0 Å². The number of aliphatic hydroxyl groups excluding tert-OH is 1. The third kappa shape index (κ3) is 2.85. The number of hydrogen-bond acceptors (Lipinski definition) is 4. The van der Waals surface area contributed by atoms with E-state index in [0.29, 0.717) is 5.39 Å². The first-order valence-electron chi connectivity index (χ1n) is 5.99. The monoisotopic (exact) mass is 279 g/mol. The van der Waals surface area contributed by atoms with Gasteiger partial charge in [0.25, 0.3) is 5.91 Å². The summed E-state index contributed by atoms with van der Waals surface area (Å²) >= 11 is 0. The van der Waals surface area contributed by atoms with Gasteiger partial charge in [0.1, 0.15) is 17.0 Å². The number of rotatable bonds is 3. The van der Waals surface area contributed by atoms with Crippen LogP contribution in [0.1, 0.15) is 24.2 Å². The third-order valence-corrected chi connectivity index (χ3v) is 2.79. The van der Waals surface area contributed by atoms with E-state index in [1.165, 1.54) is 18.2 Å². The van der Waals surface area contributed by atoms with Gasteiger partial charge in [0, 0.05) is 11.5 Å². The number of aliphatic hydroxyl groups is 1. The molecule has 0 aliphatic carbocycles. The molecule has 2 rings (SSSR count). The molecule has 106 valence electrons. The van der Waals surface area contributed by atoms with Gasteiger partial charge in [0.15, 0.2) is 0 Å². The van der Waals surface area contributed by atoms with Gasteiger partial charge in [-0.2, -0.15) is 0 Å². The molecule has 1 heterocycles. The van der Waals surface area contributed by atoms with Crippen LogP contribution < -0.4 is 10.9 Å². The number of hydrogen-bond donors (Lipinski definition) is 2. The Labute approximate surface area is 114 Å². The lowest BCUT2D eigenvalue weighted by Gasteiger charge is -2.23. The Morgan fingerprint density at radius 1 is 1.40 bits per heavy atom. The summed E-state index contributed by atoms with van der Waals surface area (Å²) in [7, 11) is 0. The molecule has 20 heavy (non-hydrogen) atoms. The van der Waals surface area contributed by atoms with Gasteiger partial charge in [0.05, 0.1) is 12.1 Å². The molecule has 2 N–H and O–H groups in total. The maximum atomic E-state index is 13.0. The SMILES string of the molecule is CC(C)(CO)NC(=O)c1cc2ccc(F)cc2oc1=O. The largest absolute Gasteiger partial charge is 0.422 e. The molecule has 0 saturated heterocycles. The maximum absolute atomic E-state index is 13.0. The van der Waals surface area contributed by atoms with Crippen molar-refractivity contribution in [3.05, 3.63) is 46.1 Å². The van der Waals surface area contributed by atoms with Crippen LogP contribution in [-0.2, 0) is 0 Å². The van der Waals surface area contributed by atoms with Crippen molar-refractivity contribution in [1.82, 2.24) is 5.32 Å². The fraction of sp³-hybridized carbons (Fsp3) is 0.286. The van der Waals surface area contributed by atoms with E-state index in [1.54, 1.807) is 13.8 Å². The topological polar surface area (TPSA) is 79.5 Å². The summed E-state index contributed by atoms with van der Waals surface area (Å²) in [4.78, 5) is 23.7. The Morgan fingerprint density at radius 2 is 2.10 bits per heavy atom. The van der Waals surface area contributed by atoms with Crippen molar-refractivity contribution in [2.24, 2.45) is 0 Å². The van der Waals surface area contributed by atoms with Crippen LogP contribution in [0, 0.1) is 5.82 Å². The Bertz CT molecular complexity index is 721. The van der Waals surface area contributed by atoms with Crippen molar-refractivity contribution in [3.63, 3.8) is 0 Å². The molecule has 5 nitrogen and oxygen atoms in total. The first-order chi connectivity index (χ1) is 9.32. The highest BCUT2D eigenvalue weighted by molar-refractivity contribution is 5.97.